The summed E-state index contributed by atoms with van der Waals surface area (Å²) in [6, 6.07) is 5.41. The lowest BCUT2D eigenvalue weighted by Gasteiger charge is -2.22. The second-order valence-electron chi connectivity index (χ2n) is 7.92. The molecule has 1 atom stereocenters. The van der Waals surface area contributed by atoms with Crippen LogP contribution in [0.4, 0.5) is 5.69 Å². The van der Waals surface area contributed by atoms with Crippen molar-refractivity contribution in [2.75, 3.05) is 18.4 Å². The van der Waals surface area contributed by atoms with Gasteiger partial charge in [-0.3, -0.25) is 14.5 Å². The number of unbranched alkanes of at least 4 members (excludes halogenated alkanes) is 1. The Hall–Kier alpha value is -2.41. The standard InChI is InChI=1S/C22H33N3O4/c1-4-5-6-18(22(28)29)23-20(26)11-12-25(17-9-10-17)14-21(27)24-19-13-15(2)7-8-16(19)3/h7-8,13,17-18H,4-6,9-12,14H2,1-3H3,(H,23,26)(H,24,27)(H,28,29). The molecule has 160 valence electrons. The summed E-state index contributed by atoms with van der Waals surface area (Å²) < 4.78 is 0. The number of nitrogens with one attached hydrogen (secondary N) is 2. The maximum absolute atomic E-state index is 12.5. The molecule has 2 rings (SSSR count). The molecule has 3 N–H and O–H groups in total. The van der Waals surface area contributed by atoms with E-state index in [0.717, 1.165) is 42.5 Å². The van der Waals surface area contributed by atoms with Crippen molar-refractivity contribution in [3.63, 3.8) is 0 Å². The fourth-order valence-corrected chi connectivity index (χ4v) is 3.25. The number of hydrogen-bond acceptors (Lipinski definition) is 4. The first-order valence-electron chi connectivity index (χ1n) is 10.4. The molecule has 0 aliphatic heterocycles. The largest absolute Gasteiger partial charge is 0.480 e. The van der Waals surface area contributed by atoms with E-state index in [1.54, 1.807) is 0 Å². The van der Waals surface area contributed by atoms with Crippen molar-refractivity contribution in [2.24, 2.45) is 0 Å². The fourth-order valence-electron chi connectivity index (χ4n) is 3.25. The van der Waals surface area contributed by atoms with Crippen molar-refractivity contribution < 1.29 is 19.5 Å². The van der Waals surface area contributed by atoms with E-state index >= 15 is 0 Å². The summed E-state index contributed by atoms with van der Waals surface area (Å²) >= 11 is 0. The first-order valence-corrected chi connectivity index (χ1v) is 10.4. The average molecular weight is 404 g/mol. The predicted octanol–water partition coefficient (Wildman–Crippen LogP) is 2.86. The highest BCUT2D eigenvalue weighted by molar-refractivity contribution is 5.93. The highest BCUT2D eigenvalue weighted by Crippen LogP contribution is 2.27. The molecule has 0 spiro atoms. The maximum atomic E-state index is 12.5. The number of carbonyl (C=O) groups excluding carboxylic acids is 2. The third-order valence-electron chi connectivity index (χ3n) is 5.18. The molecule has 7 heteroatoms. The van der Waals surface area contributed by atoms with Gasteiger partial charge in [-0.25, -0.2) is 4.79 Å². The van der Waals surface area contributed by atoms with E-state index in [1.165, 1.54) is 0 Å². The Morgan fingerprint density at radius 1 is 1.21 bits per heavy atom. The number of carboxylic acids is 1. The molecule has 0 radical (unpaired) electrons. The molecule has 7 nitrogen and oxygen atoms in total. The van der Waals surface area contributed by atoms with Gasteiger partial charge in [0.15, 0.2) is 0 Å². The van der Waals surface area contributed by atoms with E-state index < -0.39 is 12.0 Å². The number of aryl methyl sites for hydroxylation is 2. The van der Waals surface area contributed by atoms with Gasteiger partial charge in [-0.1, -0.05) is 31.9 Å². The molecule has 0 bridgehead atoms. The highest BCUT2D eigenvalue weighted by Gasteiger charge is 2.31. The monoisotopic (exact) mass is 403 g/mol. The van der Waals surface area contributed by atoms with E-state index in [-0.39, 0.29) is 24.8 Å². The summed E-state index contributed by atoms with van der Waals surface area (Å²) in [5, 5.41) is 14.8. The van der Waals surface area contributed by atoms with Crippen LogP contribution in [0.3, 0.4) is 0 Å². The molecular weight excluding hydrogens is 370 g/mol. The Balaban J connectivity index is 1.85. The molecule has 1 fully saturated rings. The van der Waals surface area contributed by atoms with Crippen LogP contribution < -0.4 is 10.6 Å². The van der Waals surface area contributed by atoms with Gasteiger partial charge >= 0.3 is 5.97 Å². The van der Waals surface area contributed by atoms with Gasteiger partial charge in [0.05, 0.1) is 6.54 Å². The van der Waals surface area contributed by atoms with E-state index in [9.17, 15) is 19.5 Å². The fraction of sp³-hybridized carbons (Fsp3) is 0.591. The Labute approximate surface area is 172 Å². The van der Waals surface area contributed by atoms with E-state index in [0.29, 0.717) is 19.0 Å². The second-order valence-corrected chi connectivity index (χ2v) is 7.92. The number of rotatable bonds is 12. The van der Waals surface area contributed by atoms with Crippen molar-refractivity contribution in [3.05, 3.63) is 29.3 Å². The zero-order valence-electron chi connectivity index (χ0n) is 17.7. The van der Waals surface area contributed by atoms with Crippen molar-refractivity contribution in [3.8, 4) is 0 Å². The smallest absolute Gasteiger partial charge is 0.326 e. The summed E-state index contributed by atoms with van der Waals surface area (Å²) in [6.45, 7) is 6.59. The van der Waals surface area contributed by atoms with E-state index in [4.69, 9.17) is 0 Å². The SMILES string of the molecule is CCCCC(NC(=O)CCN(CC(=O)Nc1cc(C)ccc1C)C1CC1)C(=O)O. The summed E-state index contributed by atoms with van der Waals surface area (Å²) in [5.41, 5.74) is 2.90. The lowest BCUT2D eigenvalue weighted by atomic mass is 10.1. The van der Waals surface area contributed by atoms with Crippen molar-refractivity contribution in [1.82, 2.24) is 10.2 Å². The van der Waals surface area contributed by atoms with Crippen molar-refractivity contribution >= 4 is 23.5 Å². The Kier molecular flexibility index (Phi) is 8.64. The Morgan fingerprint density at radius 3 is 2.55 bits per heavy atom. The topological polar surface area (TPSA) is 98.7 Å². The number of nitrogens with zero attached hydrogens (tertiary/aromatic N) is 1. The highest BCUT2D eigenvalue weighted by atomic mass is 16.4. The van der Waals surface area contributed by atoms with Crippen LogP contribution >= 0.6 is 0 Å². The molecule has 29 heavy (non-hydrogen) atoms. The minimum atomic E-state index is -1.00. The zero-order valence-corrected chi connectivity index (χ0v) is 17.7. The van der Waals surface area contributed by atoms with Crippen LogP contribution in [0.1, 0.15) is 56.6 Å². The van der Waals surface area contributed by atoms with Crippen LogP contribution in [0.25, 0.3) is 0 Å². The lowest BCUT2D eigenvalue weighted by molar-refractivity contribution is -0.142. The molecular formula is C22H33N3O4. The van der Waals surface area contributed by atoms with Crippen LogP contribution in [0.2, 0.25) is 0 Å². The first kappa shape index (κ1) is 22.9. The minimum absolute atomic E-state index is 0.0997. The van der Waals surface area contributed by atoms with Crippen LogP contribution in [-0.2, 0) is 14.4 Å². The van der Waals surface area contributed by atoms with Crippen LogP contribution in [0, 0.1) is 13.8 Å². The third-order valence-corrected chi connectivity index (χ3v) is 5.18. The summed E-state index contributed by atoms with van der Waals surface area (Å²) in [7, 11) is 0. The molecule has 0 saturated heterocycles. The Morgan fingerprint density at radius 2 is 1.93 bits per heavy atom. The normalized spacial score (nSPS) is 14.5. The molecule has 1 saturated carbocycles. The molecule has 2 amide bonds. The van der Waals surface area contributed by atoms with Gasteiger partial charge in [0.2, 0.25) is 11.8 Å². The van der Waals surface area contributed by atoms with Gasteiger partial charge in [0, 0.05) is 24.7 Å². The van der Waals surface area contributed by atoms with Crippen molar-refractivity contribution in [1.29, 1.82) is 0 Å². The maximum Gasteiger partial charge on any atom is 0.326 e. The lowest BCUT2D eigenvalue weighted by Crippen LogP contribution is -2.43. The zero-order chi connectivity index (χ0) is 21.4. The van der Waals surface area contributed by atoms with Gasteiger partial charge < -0.3 is 15.7 Å². The molecule has 1 aliphatic carbocycles. The predicted molar refractivity (Wildman–Crippen MR) is 113 cm³/mol. The van der Waals surface area contributed by atoms with Gasteiger partial charge in [-0.2, -0.15) is 0 Å². The minimum Gasteiger partial charge on any atom is -0.480 e. The molecule has 0 heterocycles. The molecule has 1 aromatic carbocycles. The number of amides is 2. The van der Waals surface area contributed by atoms with Crippen molar-refractivity contribution in [2.45, 2.75) is 71.4 Å². The summed E-state index contributed by atoms with van der Waals surface area (Å²) in [6.07, 6.45) is 4.29. The summed E-state index contributed by atoms with van der Waals surface area (Å²) in [5.74, 6) is -1.38. The number of hydrogen-bond donors (Lipinski definition) is 3. The van der Waals surface area contributed by atoms with Gasteiger partial charge in [0.25, 0.3) is 0 Å². The quantitative estimate of drug-likeness (QED) is 0.498. The van der Waals surface area contributed by atoms with Crippen LogP contribution in [0.15, 0.2) is 18.2 Å². The number of benzene rings is 1. The van der Waals surface area contributed by atoms with E-state index in [1.807, 2.05) is 43.9 Å². The molecule has 1 aliphatic rings. The van der Waals surface area contributed by atoms with E-state index in [2.05, 4.69) is 10.6 Å². The van der Waals surface area contributed by atoms with Gasteiger partial charge in [0.1, 0.15) is 6.04 Å². The molecule has 1 unspecified atom stereocenters. The third kappa shape index (κ3) is 7.85. The molecule has 1 aromatic rings. The Bertz CT molecular complexity index is 731. The number of carbonyl (C=O) groups is 3. The number of carboxylic acid groups (broad SMARTS) is 1. The first-order chi connectivity index (χ1) is 13.8. The van der Waals surface area contributed by atoms with Gasteiger partial charge in [-0.05, 0) is 50.3 Å². The van der Waals surface area contributed by atoms with Crippen LogP contribution in [-0.4, -0.2) is 53.0 Å². The number of aliphatic carboxylic acids is 1. The second kappa shape index (κ2) is 11.0. The average Bonchev–Trinajstić information content (AvgIpc) is 3.50. The number of anilines is 1. The molecule has 0 aromatic heterocycles. The van der Waals surface area contributed by atoms with Crippen LogP contribution in [0.5, 0.6) is 0 Å². The van der Waals surface area contributed by atoms with Gasteiger partial charge in [-0.15, -0.1) is 0 Å². The summed E-state index contributed by atoms with van der Waals surface area (Å²) in [4.78, 5) is 38.0.